The van der Waals surface area contributed by atoms with E-state index in [4.69, 9.17) is 0 Å². The highest BCUT2D eigenvalue weighted by Gasteiger charge is 2.36. The molecule has 0 amide bonds. The summed E-state index contributed by atoms with van der Waals surface area (Å²) in [5.74, 6) is 0. The van der Waals surface area contributed by atoms with Gasteiger partial charge in [-0.3, -0.25) is 4.68 Å². The first-order valence-electron chi connectivity index (χ1n) is 3.25. The maximum Gasteiger partial charge on any atom is 0.436 e. The Morgan fingerprint density at radius 3 is 2.42 bits per heavy atom. The van der Waals surface area contributed by atoms with Crippen molar-refractivity contribution in [2.24, 2.45) is 0 Å². The fourth-order valence-electron chi connectivity index (χ4n) is 0.751. The summed E-state index contributed by atoms with van der Waals surface area (Å²) in [6, 6.07) is 0. The molecule has 0 fully saturated rings. The van der Waals surface area contributed by atoms with Gasteiger partial charge in [0.15, 0.2) is 5.69 Å². The van der Waals surface area contributed by atoms with Gasteiger partial charge in [-0.2, -0.15) is 18.3 Å². The Hall–Kier alpha value is -0.270. The van der Waals surface area contributed by atoms with E-state index in [0.29, 0.717) is 6.54 Å². The van der Waals surface area contributed by atoms with E-state index in [0.717, 1.165) is 0 Å². The predicted molar refractivity (Wildman–Crippen MR) is 45.6 cm³/mol. The van der Waals surface area contributed by atoms with E-state index in [-0.39, 0.29) is 3.57 Å². The lowest BCUT2D eigenvalue weighted by Crippen LogP contribution is -2.08. The van der Waals surface area contributed by atoms with E-state index in [2.05, 4.69) is 5.10 Å². The molecule has 1 aromatic heterocycles. The average molecular weight is 290 g/mol. The van der Waals surface area contributed by atoms with E-state index in [1.165, 1.54) is 10.9 Å². The zero-order chi connectivity index (χ0) is 9.35. The Balaban J connectivity index is 3.08. The standard InChI is InChI=1S/C6H6F3IN2/c1-2-12-3-4(10)5(11-12)6(7,8)9/h3H,2H2,1H3. The minimum Gasteiger partial charge on any atom is -0.271 e. The zero-order valence-corrected chi connectivity index (χ0v) is 8.35. The Morgan fingerprint density at radius 2 is 2.17 bits per heavy atom. The molecule has 0 aromatic carbocycles. The molecule has 0 saturated carbocycles. The molecule has 68 valence electrons. The largest absolute Gasteiger partial charge is 0.436 e. The number of aryl methyl sites for hydroxylation is 1. The van der Waals surface area contributed by atoms with Gasteiger partial charge in [0, 0.05) is 12.7 Å². The molecule has 0 bridgehead atoms. The van der Waals surface area contributed by atoms with Crippen LogP contribution in [0.1, 0.15) is 12.6 Å². The summed E-state index contributed by atoms with van der Waals surface area (Å²) < 4.78 is 37.8. The molecule has 0 unspecified atom stereocenters. The molecule has 0 radical (unpaired) electrons. The maximum atomic E-state index is 12.1. The third-order valence-electron chi connectivity index (χ3n) is 1.31. The first-order valence-corrected chi connectivity index (χ1v) is 4.33. The van der Waals surface area contributed by atoms with Crippen molar-refractivity contribution < 1.29 is 13.2 Å². The summed E-state index contributed by atoms with van der Waals surface area (Å²) in [7, 11) is 0. The molecule has 0 N–H and O–H groups in total. The van der Waals surface area contributed by atoms with Crippen molar-refractivity contribution >= 4 is 22.6 Å². The summed E-state index contributed by atoms with van der Waals surface area (Å²) in [5, 5.41) is 3.38. The van der Waals surface area contributed by atoms with Crippen molar-refractivity contribution in [1.82, 2.24) is 9.78 Å². The highest BCUT2D eigenvalue weighted by atomic mass is 127. The zero-order valence-electron chi connectivity index (χ0n) is 6.19. The molecule has 0 spiro atoms. The van der Waals surface area contributed by atoms with Crippen LogP contribution in [0.5, 0.6) is 0 Å². The second-order valence-electron chi connectivity index (χ2n) is 2.18. The molecule has 12 heavy (non-hydrogen) atoms. The Morgan fingerprint density at radius 1 is 1.58 bits per heavy atom. The van der Waals surface area contributed by atoms with Gasteiger partial charge < -0.3 is 0 Å². The third kappa shape index (κ3) is 1.90. The van der Waals surface area contributed by atoms with Crippen LogP contribution in [0.15, 0.2) is 6.20 Å². The van der Waals surface area contributed by atoms with Gasteiger partial charge in [0.05, 0.1) is 3.57 Å². The second kappa shape index (κ2) is 3.23. The molecule has 0 aliphatic heterocycles. The van der Waals surface area contributed by atoms with E-state index in [1.54, 1.807) is 29.5 Å². The number of halogens is 4. The van der Waals surface area contributed by atoms with Crippen LogP contribution in [0.25, 0.3) is 0 Å². The number of hydrogen-bond donors (Lipinski definition) is 0. The molecule has 0 aliphatic carbocycles. The summed E-state index contributed by atoms with van der Waals surface area (Å²) in [4.78, 5) is 0. The van der Waals surface area contributed by atoms with Gasteiger partial charge in [0.25, 0.3) is 0 Å². The van der Waals surface area contributed by atoms with E-state index >= 15 is 0 Å². The van der Waals surface area contributed by atoms with Gasteiger partial charge in [0.2, 0.25) is 0 Å². The number of nitrogens with zero attached hydrogens (tertiary/aromatic N) is 2. The Bertz CT molecular complexity index is 279. The van der Waals surface area contributed by atoms with Crippen molar-refractivity contribution in [1.29, 1.82) is 0 Å². The minimum absolute atomic E-state index is 0.141. The molecule has 0 atom stereocenters. The molecular weight excluding hydrogens is 284 g/mol. The minimum atomic E-state index is -4.34. The van der Waals surface area contributed by atoms with E-state index in [9.17, 15) is 13.2 Å². The summed E-state index contributed by atoms with van der Waals surface area (Å²) in [5.41, 5.74) is -0.801. The summed E-state index contributed by atoms with van der Waals surface area (Å²) in [6.07, 6.45) is -2.96. The van der Waals surface area contributed by atoms with Gasteiger partial charge in [-0.15, -0.1) is 0 Å². The molecule has 0 aliphatic rings. The molecule has 1 heterocycles. The molecule has 1 aromatic rings. The van der Waals surface area contributed by atoms with Crippen molar-refractivity contribution in [3.63, 3.8) is 0 Å². The van der Waals surface area contributed by atoms with Gasteiger partial charge >= 0.3 is 6.18 Å². The Kier molecular flexibility index (Phi) is 2.64. The van der Waals surface area contributed by atoms with Crippen LogP contribution in [-0.2, 0) is 12.7 Å². The van der Waals surface area contributed by atoms with Crippen LogP contribution in [0, 0.1) is 3.57 Å². The maximum absolute atomic E-state index is 12.1. The smallest absolute Gasteiger partial charge is 0.271 e. The fraction of sp³-hybridized carbons (Fsp3) is 0.500. The van der Waals surface area contributed by atoms with Crippen LogP contribution in [0.3, 0.4) is 0 Å². The van der Waals surface area contributed by atoms with Gasteiger partial charge in [-0.1, -0.05) is 0 Å². The van der Waals surface area contributed by atoms with Crippen LogP contribution >= 0.6 is 22.6 Å². The highest BCUT2D eigenvalue weighted by Crippen LogP contribution is 2.31. The van der Waals surface area contributed by atoms with Crippen molar-refractivity contribution in [3.8, 4) is 0 Å². The first-order chi connectivity index (χ1) is 5.45. The van der Waals surface area contributed by atoms with Gasteiger partial charge in [-0.05, 0) is 29.5 Å². The van der Waals surface area contributed by atoms with Crippen LogP contribution in [0.2, 0.25) is 0 Å². The van der Waals surface area contributed by atoms with Crippen LogP contribution in [0.4, 0.5) is 13.2 Å². The quantitative estimate of drug-likeness (QED) is 0.727. The Labute approximate surface area is 80.9 Å². The molecule has 0 saturated heterocycles. The summed E-state index contributed by atoms with van der Waals surface area (Å²) >= 11 is 1.63. The second-order valence-corrected chi connectivity index (χ2v) is 3.34. The molecular formula is C6H6F3IN2. The van der Waals surface area contributed by atoms with E-state index in [1.807, 2.05) is 0 Å². The SMILES string of the molecule is CCn1cc(I)c(C(F)(F)F)n1. The fourth-order valence-corrected chi connectivity index (χ4v) is 1.49. The average Bonchev–Trinajstić information content (AvgIpc) is 2.29. The number of rotatable bonds is 1. The predicted octanol–water partition coefficient (Wildman–Crippen LogP) is 2.53. The lowest BCUT2D eigenvalue weighted by atomic mass is 10.4. The topological polar surface area (TPSA) is 17.8 Å². The first kappa shape index (κ1) is 9.82. The van der Waals surface area contributed by atoms with Crippen molar-refractivity contribution in [2.45, 2.75) is 19.6 Å². The number of alkyl halides is 3. The molecule has 1 rings (SSSR count). The molecule has 2 nitrogen and oxygen atoms in total. The summed E-state index contributed by atoms with van der Waals surface area (Å²) in [6.45, 7) is 2.19. The normalized spacial score (nSPS) is 12.1. The highest BCUT2D eigenvalue weighted by molar-refractivity contribution is 14.1. The van der Waals surface area contributed by atoms with Gasteiger partial charge in [0.1, 0.15) is 0 Å². The van der Waals surface area contributed by atoms with Crippen molar-refractivity contribution in [2.75, 3.05) is 0 Å². The van der Waals surface area contributed by atoms with E-state index < -0.39 is 11.9 Å². The third-order valence-corrected chi connectivity index (χ3v) is 2.10. The lowest BCUT2D eigenvalue weighted by Gasteiger charge is -2.01. The monoisotopic (exact) mass is 290 g/mol. The lowest BCUT2D eigenvalue weighted by molar-refractivity contribution is -0.142. The van der Waals surface area contributed by atoms with Crippen molar-refractivity contribution in [3.05, 3.63) is 15.5 Å². The van der Waals surface area contributed by atoms with Gasteiger partial charge in [-0.25, -0.2) is 0 Å². The number of hydrogen-bond acceptors (Lipinski definition) is 1. The number of aromatic nitrogens is 2. The van der Waals surface area contributed by atoms with Crippen LogP contribution < -0.4 is 0 Å². The van der Waals surface area contributed by atoms with Crippen LogP contribution in [-0.4, -0.2) is 9.78 Å². The molecule has 6 heteroatoms.